The Kier molecular flexibility index (Phi) is 1.86. The molecule has 2 atom stereocenters. The summed E-state index contributed by atoms with van der Waals surface area (Å²) in [5.41, 5.74) is 0.995. The molecular weight excluding hydrogens is 154 g/mol. The number of aliphatic hydroxyl groups is 1. The summed E-state index contributed by atoms with van der Waals surface area (Å²) in [5, 5.41) is 16.9. The van der Waals surface area contributed by atoms with Crippen molar-refractivity contribution in [2.45, 2.75) is 19.1 Å². The molecule has 4 heteroatoms. The van der Waals surface area contributed by atoms with Crippen LogP contribution < -0.4 is 5.32 Å². The molecule has 2 rings (SSSR count). The molecule has 0 aliphatic carbocycles. The van der Waals surface area contributed by atoms with Gasteiger partial charge in [0.15, 0.2) is 0 Å². The van der Waals surface area contributed by atoms with Crippen LogP contribution in [0.5, 0.6) is 0 Å². The summed E-state index contributed by atoms with van der Waals surface area (Å²) >= 11 is 0. The topological polar surface area (TPSA) is 50.1 Å². The molecule has 1 aliphatic rings. The minimum absolute atomic E-state index is 0.110. The van der Waals surface area contributed by atoms with E-state index in [1.54, 1.807) is 0 Å². The van der Waals surface area contributed by atoms with Crippen LogP contribution >= 0.6 is 0 Å². The van der Waals surface area contributed by atoms with E-state index in [2.05, 4.69) is 10.4 Å². The zero-order chi connectivity index (χ0) is 8.55. The van der Waals surface area contributed by atoms with Crippen molar-refractivity contribution in [2.75, 3.05) is 13.1 Å². The van der Waals surface area contributed by atoms with Crippen molar-refractivity contribution in [1.82, 2.24) is 15.1 Å². The Labute approximate surface area is 71.2 Å². The summed E-state index contributed by atoms with van der Waals surface area (Å²) in [6.45, 7) is 3.43. The van der Waals surface area contributed by atoms with Crippen LogP contribution in [0, 0.1) is 6.92 Å². The molecule has 12 heavy (non-hydrogen) atoms. The molecule has 1 aliphatic heterocycles. The average Bonchev–Trinajstić information content (AvgIpc) is 2.58. The highest BCUT2D eigenvalue weighted by Crippen LogP contribution is 2.14. The molecule has 1 aromatic heterocycles. The van der Waals surface area contributed by atoms with Crippen molar-refractivity contribution in [2.24, 2.45) is 0 Å². The second-order valence-corrected chi connectivity index (χ2v) is 3.23. The second-order valence-electron chi connectivity index (χ2n) is 3.23. The Morgan fingerprint density at radius 1 is 1.67 bits per heavy atom. The number of hydrogen-bond donors (Lipinski definition) is 2. The Morgan fingerprint density at radius 3 is 3.00 bits per heavy atom. The van der Waals surface area contributed by atoms with Gasteiger partial charge in [-0.05, 0) is 13.0 Å². The highest BCUT2D eigenvalue weighted by molar-refractivity contribution is 4.98. The van der Waals surface area contributed by atoms with Gasteiger partial charge in [0.2, 0.25) is 0 Å². The van der Waals surface area contributed by atoms with Gasteiger partial charge in [0.1, 0.15) is 0 Å². The fourth-order valence-corrected chi connectivity index (χ4v) is 1.54. The molecule has 66 valence electrons. The summed E-state index contributed by atoms with van der Waals surface area (Å²) in [7, 11) is 0. The molecular formula is C8H13N3O. The highest BCUT2D eigenvalue weighted by atomic mass is 16.3. The van der Waals surface area contributed by atoms with Crippen molar-refractivity contribution in [3.05, 3.63) is 18.0 Å². The predicted octanol–water partition coefficient (Wildman–Crippen LogP) is -0.303. The maximum Gasteiger partial charge on any atom is 0.0914 e. The van der Waals surface area contributed by atoms with Gasteiger partial charge in [0, 0.05) is 19.3 Å². The first-order valence-corrected chi connectivity index (χ1v) is 4.18. The van der Waals surface area contributed by atoms with E-state index in [0.717, 1.165) is 12.2 Å². The largest absolute Gasteiger partial charge is 0.390 e. The number of nitrogens with one attached hydrogen (secondary N) is 1. The lowest BCUT2D eigenvalue weighted by Gasteiger charge is -2.13. The van der Waals surface area contributed by atoms with Crippen LogP contribution in [0.4, 0.5) is 0 Å². The first-order valence-electron chi connectivity index (χ1n) is 4.18. The van der Waals surface area contributed by atoms with Crippen molar-refractivity contribution < 1.29 is 5.11 Å². The fourth-order valence-electron chi connectivity index (χ4n) is 1.54. The molecule has 0 radical (unpaired) electrons. The van der Waals surface area contributed by atoms with Crippen LogP contribution in [-0.2, 0) is 0 Å². The van der Waals surface area contributed by atoms with Crippen molar-refractivity contribution in [1.29, 1.82) is 0 Å². The van der Waals surface area contributed by atoms with E-state index in [1.165, 1.54) is 0 Å². The van der Waals surface area contributed by atoms with Gasteiger partial charge >= 0.3 is 0 Å². The molecule has 4 nitrogen and oxygen atoms in total. The molecule has 0 saturated carbocycles. The van der Waals surface area contributed by atoms with E-state index in [1.807, 2.05) is 23.9 Å². The predicted molar refractivity (Wildman–Crippen MR) is 44.9 cm³/mol. The van der Waals surface area contributed by atoms with Gasteiger partial charge in [-0.2, -0.15) is 5.10 Å². The zero-order valence-corrected chi connectivity index (χ0v) is 7.07. The number of aliphatic hydroxyl groups excluding tert-OH is 1. The van der Waals surface area contributed by atoms with Gasteiger partial charge in [-0.3, -0.25) is 4.68 Å². The third-order valence-corrected chi connectivity index (χ3v) is 2.23. The molecule has 1 aromatic rings. The van der Waals surface area contributed by atoms with Crippen LogP contribution in [0.15, 0.2) is 12.3 Å². The number of β-amino-alcohol motifs (C(OH)–C–C–N with tert-alkyl or cyclic N) is 1. The fraction of sp³-hybridized carbons (Fsp3) is 0.625. The van der Waals surface area contributed by atoms with Crippen LogP contribution in [0.2, 0.25) is 0 Å². The highest BCUT2D eigenvalue weighted by Gasteiger charge is 2.26. The van der Waals surface area contributed by atoms with Crippen molar-refractivity contribution in [3.8, 4) is 0 Å². The smallest absolute Gasteiger partial charge is 0.0914 e. The SMILES string of the molecule is Cc1ccn(C2CNCC2O)n1. The summed E-state index contributed by atoms with van der Waals surface area (Å²) in [5.74, 6) is 0. The van der Waals surface area contributed by atoms with E-state index >= 15 is 0 Å². The molecule has 0 amide bonds. The summed E-state index contributed by atoms with van der Waals surface area (Å²) in [6, 6.07) is 2.06. The lowest BCUT2D eigenvalue weighted by molar-refractivity contribution is 0.144. The lowest BCUT2D eigenvalue weighted by Crippen LogP contribution is -2.22. The third kappa shape index (κ3) is 1.23. The van der Waals surface area contributed by atoms with Crippen LogP contribution in [-0.4, -0.2) is 34.1 Å². The standard InChI is InChI=1S/C8H13N3O/c1-6-2-3-11(10-6)7-4-9-5-8(7)12/h2-3,7-9,12H,4-5H2,1H3. The Morgan fingerprint density at radius 2 is 2.50 bits per heavy atom. The van der Waals surface area contributed by atoms with Crippen LogP contribution in [0.3, 0.4) is 0 Å². The Hall–Kier alpha value is -0.870. The quantitative estimate of drug-likeness (QED) is 0.603. The summed E-state index contributed by atoms with van der Waals surface area (Å²) < 4.78 is 1.83. The maximum atomic E-state index is 9.53. The van der Waals surface area contributed by atoms with Crippen molar-refractivity contribution in [3.63, 3.8) is 0 Å². The second kappa shape index (κ2) is 2.88. The van der Waals surface area contributed by atoms with Gasteiger partial charge in [-0.25, -0.2) is 0 Å². The van der Waals surface area contributed by atoms with Crippen LogP contribution in [0.1, 0.15) is 11.7 Å². The van der Waals surface area contributed by atoms with Gasteiger partial charge < -0.3 is 10.4 Å². The molecule has 2 unspecified atom stereocenters. The minimum Gasteiger partial charge on any atom is -0.390 e. The Bertz CT molecular complexity index is 271. The van der Waals surface area contributed by atoms with Gasteiger partial charge in [-0.15, -0.1) is 0 Å². The van der Waals surface area contributed by atoms with E-state index in [-0.39, 0.29) is 12.1 Å². The van der Waals surface area contributed by atoms with Crippen LogP contribution in [0.25, 0.3) is 0 Å². The molecule has 2 N–H and O–H groups in total. The van der Waals surface area contributed by atoms with E-state index in [0.29, 0.717) is 6.54 Å². The number of aryl methyl sites for hydroxylation is 1. The van der Waals surface area contributed by atoms with E-state index in [4.69, 9.17) is 0 Å². The van der Waals surface area contributed by atoms with E-state index < -0.39 is 0 Å². The lowest BCUT2D eigenvalue weighted by atomic mass is 10.2. The molecule has 0 aromatic carbocycles. The molecule has 1 saturated heterocycles. The number of aromatic nitrogens is 2. The average molecular weight is 167 g/mol. The molecule has 1 fully saturated rings. The van der Waals surface area contributed by atoms with E-state index in [9.17, 15) is 5.11 Å². The number of rotatable bonds is 1. The van der Waals surface area contributed by atoms with Crippen molar-refractivity contribution >= 4 is 0 Å². The van der Waals surface area contributed by atoms with Gasteiger partial charge in [0.25, 0.3) is 0 Å². The normalized spacial score (nSPS) is 29.5. The van der Waals surface area contributed by atoms with Gasteiger partial charge in [-0.1, -0.05) is 0 Å². The Balaban J connectivity index is 2.19. The first-order chi connectivity index (χ1) is 5.77. The molecule has 0 bridgehead atoms. The maximum absolute atomic E-state index is 9.53. The van der Waals surface area contributed by atoms with Gasteiger partial charge in [0.05, 0.1) is 17.8 Å². The molecule has 2 heterocycles. The zero-order valence-electron chi connectivity index (χ0n) is 7.07. The summed E-state index contributed by atoms with van der Waals surface area (Å²) in [6.07, 6.45) is 1.61. The first kappa shape index (κ1) is 7.76. The number of hydrogen-bond acceptors (Lipinski definition) is 3. The third-order valence-electron chi connectivity index (χ3n) is 2.23. The monoisotopic (exact) mass is 167 g/mol. The molecule has 0 spiro atoms. The minimum atomic E-state index is -0.302. The summed E-state index contributed by atoms with van der Waals surface area (Å²) in [4.78, 5) is 0. The number of nitrogens with zero attached hydrogens (tertiary/aromatic N) is 2.